The van der Waals surface area contributed by atoms with Crippen LogP contribution in [-0.2, 0) is 0 Å². The van der Waals surface area contributed by atoms with Crippen LogP contribution in [0.5, 0.6) is 0 Å². The summed E-state index contributed by atoms with van der Waals surface area (Å²) in [5.74, 6) is 4.05. The van der Waals surface area contributed by atoms with E-state index < -0.39 is 0 Å². The van der Waals surface area contributed by atoms with Crippen molar-refractivity contribution in [2.24, 2.45) is 0 Å². The first-order chi connectivity index (χ1) is 5.81. The Morgan fingerprint density at radius 2 is 2.33 bits per heavy atom. The lowest BCUT2D eigenvalue weighted by Crippen LogP contribution is -2.53. The molecule has 2 saturated heterocycles. The minimum atomic E-state index is 0.459. The molecule has 2 aliphatic rings. The van der Waals surface area contributed by atoms with Crippen molar-refractivity contribution in [1.82, 2.24) is 5.32 Å². The lowest BCUT2D eigenvalue weighted by molar-refractivity contribution is 0.388. The summed E-state index contributed by atoms with van der Waals surface area (Å²) in [4.78, 5) is 0.459. The molecule has 2 heterocycles. The van der Waals surface area contributed by atoms with Crippen LogP contribution in [-0.4, -0.2) is 28.2 Å². The number of rotatable bonds is 0. The maximum Gasteiger partial charge on any atom is 0.0738 e. The van der Waals surface area contributed by atoms with Crippen LogP contribution >= 0.6 is 23.5 Å². The maximum absolute atomic E-state index is 3.77. The molecule has 2 fully saturated rings. The van der Waals surface area contributed by atoms with Crippen molar-refractivity contribution in [2.75, 3.05) is 17.3 Å². The molecule has 0 radical (unpaired) electrons. The Balaban J connectivity index is 1.97. The van der Waals surface area contributed by atoms with E-state index >= 15 is 0 Å². The van der Waals surface area contributed by atoms with E-state index in [2.05, 4.69) is 35.8 Å². The summed E-state index contributed by atoms with van der Waals surface area (Å²) >= 11 is 4.28. The average molecular weight is 203 g/mol. The van der Waals surface area contributed by atoms with Crippen LogP contribution < -0.4 is 5.32 Å². The first-order valence-electron chi connectivity index (χ1n) is 4.80. The summed E-state index contributed by atoms with van der Waals surface area (Å²) in [6, 6.07) is 0.741. The Hall–Kier alpha value is 0.660. The molecular formula is C9H17NS2. The zero-order chi connectivity index (χ0) is 8.44. The Labute approximate surface area is 83.4 Å². The van der Waals surface area contributed by atoms with Crippen LogP contribution in [0.1, 0.15) is 26.2 Å². The van der Waals surface area contributed by atoms with Gasteiger partial charge < -0.3 is 0 Å². The second-order valence-electron chi connectivity index (χ2n) is 3.83. The van der Waals surface area contributed by atoms with Gasteiger partial charge >= 0.3 is 0 Å². The fraction of sp³-hybridized carbons (Fsp3) is 1.00. The molecule has 2 aliphatic heterocycles. The lowest BCUT2D eigenvalue weighted by atomic mass is 10.1. The van der Waals surface area contributed by atoms with Crippen LogP contribution in [0.4, 0.5) is 0 Å². The van der Waals surface area contributed by atoms with Gasteiger partial charge in [0, 0.05) is 11.8 Å². The van der Waals surface area contributed by atoms with Crippen LogP contribution in [0.25, 0.3) is 0 Å². The Morgan fingerprint density at radius 3 is 3.00 bits per heavy atom. The standard InChI is InChI=1S/C9H17NS2/c1-8-3-6-12-9(10-8)4-2-5-11-7-9/h8,10H,2-7H2,1H3. The van der Waals surface area contributed by atoms with Crippen molar-refractivity contribution in [3.63, 3.8) is 0 Å². The molecule has 0 aromatic heterocycles. The fourth-order valence-electron chi connectivity index (χ4n) is 1.99. The molecule has 3 heteroatoms. The van der Waals surface area contributed by atoms with Crippen LogP contribution in [0.2, 0.25) is 0 Å². The molecule has 0 aromatic carbocycles. The first kappa shape index (κ1) is 9.22. The predicted molar refractivity (Wildman–Crippen MR) is 59.0 cm³/mol. The highest BCUT2D eigenvalue weighted by atomic mass is 32.2. The van der Waals surface area contributed by atoms with Gasteiger partial charge in [-0.15, -0.1) is 11.8 Å². The summed E-state index contributed by atoms with van der Waals surface area (Å²) in [6.07, 6.45) is 4.13. The predicted octanol–water partition coefficient (Wildman–Crippen LogP) is 2.32. The zero-order valence-corrected chi connectivity index (χ0v) is 9.27. The second kappa shape index (κ2) is 3.81. The van der Waals surface area contributed by atoms with Gasteiger partial charge in [-0.1, -0.05) is 0 Å². The molecule has 0 amide bonds. The van der Waals surface area contributed by atoms with Crippen molar-refractivity contribution in [3.8, 4) is 0 Å². The van der Waals surface area contributed by atoms with Gasteiger partial charge in [0.2, 0.25) is 0 Å². The van der Waals surface area contributed by atoms with E-state index in [0.717, 1.165) is 6.04 Å². The Kier molecular flexibility index (Phi) is 2.93. The summed E-state index contributed by atoms with van der Waals surface area (Å²) in [7, 11) is 0. The molecule has 1 N–H and O–H groups in total. The molecule has 70 valence electrons. The molecule has 0 aromatic rings. The topological polar surface area (TPSA) is 12.0 Å². The van der Waals surface area contributed by atoms with E-state index in [1.807, 2.05) is 0 Å². The quantitative estimate of drug-likeness (QED) is 0.649. The van der Waals surface area contributed by atoms with Gasteiger partial charge in [0.05, 0.1) is 4.87 Å². The maximum atomic E-state index is 3.77. The van der Waals surface area contributed by atoms with E-state index in [9.17, 15) is 0 Å². The van der Waals surface area contributed by atoms with Gasteiger partial charge in [-0.05, 0) is 37.7 Å². The molecule has 2 rings (SSSR count). The third-order valence-corrected chi connectivity index (χ3v) is 5.56. The van der Waals surface area contributed by atoms with E-state index in [0.29, 0.717) is 4.87 Å². The second-order valence-corrected chi connectivity index (χ2v) is 6.42. The third-order valence-electron chi connectivity index (χ3n) is 2.64. The van der Waals surface area contributed by atoms with Crippen molar-refractivity contribution in [2.45, 2.75) is 37.1 Å². The van der Waals surface area contributed by atoms with E-state index in [1.165, 1.54) is 36.5 Å². The third kappa shape index (κ3) is 1.94. The zero-order valence-electron chi connectivity index (χ0n) is 7.64. The van der Waals surface area contributed by atoms with Crippen molar-refractivity contribution >= 4 is 23.5 Å². The van der Waals surface area contributed by atoms with Crippen LogP contribution in [0.15, 0.2) is 0 Å². The van der Waals surface area contributed by atoms with Crippen LogP contribution in [0, 0.1) is 0 Å². The molecular weight excluding hydrogens is 186 g/mol. The van der Waals surface area contributed by atoms with Gasteiger partial charge in [0.25, 0.3) is 0 Å². The largest absolute Gasteiger partial charge is 0.300 e. The molecule has 1 spiro atoms. The summed E-state index contributed by atoms with van der Waals surface area (Å²) in [6.45, 7) is 2.32. The van der Waals surface area contributed by atoms with Gasteiger partial charge in [-0.2, -0.15) is 11.8 Å². The monoisotopic (exact) mass is 203 g/mol. The Bertz CT molecular complexity index is 149. The van der Waals surface area contributed by atoms with Gasteiger partial charge in [0.1, 0.15) is 0 Å². The highest BCUT2D eigenvalue weighted by molar-refractivity contribution is 8.04. The van der Waals surface area contributed by atoms with Gasteiger partial charge in [-0.3, -0.25) is 5.32 Å². The number of hydrogen-bond acceptors (Lipinski definition) is 3. The smallest absolute Gasteiger partial charge is 0.0738 e. The van der Waals surface area contributed by atoms with Gasteiger partial charge in [-0.25, -0.2) is 0 Å². The highest BCUT2D eigenvalue weighted by Crippen LogP contribution is 2.39. The summed E-state index contributed by atoms with van der Waals surface area (Å²) < 4.78 is 0. The molecule has 2 atom stereocenters. The number of thioether (sulfide) groups is 2. The van der Waals surface area contributed by atoms with E-state index in [4.69, 9.17) is 0 Å². The van der Waals surface area contributed by atoms with Crippen molar-refractivity contribution in [3.05, 3.63) is 0 Å². The van der Waals surface area contributed by atoms with E-state index in [-0.39, 0.29) is 0 Å². The van der Waals surface area contributed by atoms with Crippen molar-refractivity contribution in [1.29, 1.82) is 0 Å². The molecule has 1 nitrogen and oxygen atoms in total. The molecule has 0 aliphatic carbocycles. The van der Waals surface area contributed by atoms with Crippen LogP contribution in [0.3, 0.4) is 0 Å². The molecule has 12 heavy (non-hydrogen) atoms. The normalized spacial score (nSPS) is 43.2. The number of nitrogens with one attached hydrogen (secondary N) is 1. The lowest BCUT2D eigenvalue weighted by Gasteiger charge is -2.43. The SMILES string of the molecule is CC1CCSC2(CCCSC2)N1. The molecule has 0 saturated carbocycles. The average Bonchev–Trinajstić information content (AvgIpc) is 2.05. The molecule has 0 bridgehead atoms. The minimum absolute atomic E-state index is 0.459. The summed E-state index contributed by atoms with van der Waals surface area (Å²) in [5, 5.41) is 3.77. The number of hydrogen-bond donors (Lipinski definition) is 1. The fourth-order valence-corrected chi connectivity index (χ4v) is 5.06. The summed E-state index contributed by atoms with van der Waals surface area (Å²) in [5.41, 5.74) is 0. The van der Waals surface area contributed by atoms with Crippen molar-refractivity contribution < 1.29 is 0 Å². The highest BCUT2D eigenvalue weighted by Gasteiger charge is 2.36. The molecule has 2 unspecified atom stereocenters. The minimum Gasteiger partial charge on any atom is -0.300 e. The Morgan fingerprint density at radius 1 is 1.42 bits per heavy atom. The van der Waals surface area contributed by atoms with E-state index in [1.54, 1.807) is 0 Å². The first-order valence-corrected chi connectivity index (χ1v) is 6.94. The van der Waals surface area contributed by atoms with Gasteiger partial charge in [0.15, 0.2) is 0 Å².